The Kier molecular flexibility index (Phi) is 7.56. The van der Waals surface area contributed by atoms with Crippen LogP contribution in [-0.2, 0) is 11.3 Å². The summed E-state index contributed by atoms with van der Waals surface area (Å²) in [7, 11) is 1.56. The molecular weight excluding hydrogens is 356 g/mol. The van der Waals surface area contributed by atoms with Crippen molar-refractivity contribution in [2.24, 2.45) is 5.92 Å². The van der Waals surface area contributed by atoms with Crippen molar-refractivity contribution in [2.45, 2.75) is 26.4 Å². The third-order valence-corrected chi connectivity index (χ3v) is 4.17. The van der Waals surface area contributed by atoms with Crippen LogP contribution in [0.3, 0.4) is 0 Å². The van der Waals surface area contributed by atoms with Crippen LogP contribution in [0.1, 0.15) is 29.8 Å². The molecule has 4 N–H and O–H groups in total. The topological polar surface area (TPSA) is 99.3 Å². The monoisotopic (exact) mass is 382 g/mol. The Hall–Kier alpha value is -3.35. The zero-order chi connectivity index (χ0) is 20.5. The van der Waals surface area contributed by atoms with E-state index >= 15 is 0 Å². The highest BCUT2D eigenvalue weighted by Gasteiger charge is 2.24. The van der Waals surface area contributed by atoms with Crippen molar-refractivity contribution in [3.63, 3.8) is 0 Å². The minimum atomic E-state index is -0.700. The first-order valence-corrected chi connectivity index (χ1v) is 9.12. The van der Waals surface area contributed by atoms with E-state index in [4.69, 9.17) is 0 Å². The first kappa shape index (κ1) is 21.0. The van der Waals surface area contributed by atoms with Crippen LogP contribution >= 0.6 is 0 Å². The Balaban J connectivity index is 1.93. The van der Waals surface area contributed by atoms with Gasteiger partial charge in [0.15, 0.2) is 0 Å². The van der Waals surface area contributed by atoms with Crippen molar-refractivity contribution in [2.75, 3.05) is 12.4 Å². The molecule has 0 saturated carbocycles. The minimum Gasteiger partial charge on any atom is -0.355 e. The molecule has 7 nitrogen and oxygen atoms in total. The number of carbonyl (C=O) groups excluding carboxylic acids is 3. The molecule has 28 heavy (non-hydrogen) atoms. The summed E-state index contributed by atoms with van der Waals surface area (Å²) in [6.45, 7) is 4.09. The highest BCUT2D eigenvalue weighted by molar-refractivity contribution is 5.98. The number of carbonyl (C=O) groups is 3. The van der Waals surface area contributed by atoms with Crippen molar-refractivity contribution >= 4 is 23.5 Å². The van der Waals surface area contributed by atoms with Gasteiger partial charge in [-0.25, -0.2) is 4.79 Å². The van der Waals surface area contributed by atoms with Crippen molar-refractivity contribution in [1.82, 2.24) is 16.0 Å². The summed E-state index contributed by atoms with van der Waals surface area (Å²) in [4.78, 5) is 36.4. The molecule has 0 radical (unpaired) electrons. The van der Waals surface area contributed by atoms with E-state index in [1.54, 1.807) is 31.3 Å². The normalized spacial score (nSPS) is 11.4. The highest BCUT2D eigenvalue weighted by Crippen LogP contribution is 2.12. The van der Waals surface area contributed by atoms with Crippen LogP contribution in [0.5, 0.6) is 0 Å². The molecule has 7 heteroatoms. The lowest BCUT2D eigenvalue weighted by Gasteiger charge is -2.22. The van der Waals surface area contributed by atoms with Crippen molar-refractivity contribution in [3.05, 3.63) is 65.7 Å². The first-order valence-electron chi connectivity index (χ1n) is 9.12. The zero-order valence-electron chi connectivity index (χ0n) is 16.3. The fourth-order valence-electron chi connectivity index (χ4n) is 2.57. The van der Waals surface area contributed by atoms with Crippen molar-refractivity contribution < 1.29 is 14.4 Å². The third kappa shape index (κ3) is 6.12. The number of amides is 4. The first-order chi connectivity index (χ1) is 13.4. The Labute approximate surface area is 164 Å². The van der Waals surface area contributed by atoms with Gasteiger partial charge in [0.1, 0.15) is 6.04 Å². The van der Waals surface area contributed by atoms with Crippen LogP contribution in [0, 0.1) is 5.92 Å². The third-order valence-electron chi connectivity index (χ3n) is 4.17. The Bertz CT molecular complexity index is 804. The Morgan fingerprint density at radius 2 is 1.57 bits per heavy atom. The molecule has 148 valence electrons. The average molecular weight is 382 g/mol. The maximum atomic E-state index is 12.6. The molecule has 4 amide bonds. The predicted octanol–water partition coefficient (Wildman–Crippen LogP) is 2.51. The van der Waals surface area contributed by atoms with Crippen LogP contribution in [-0.4, -0.2) is 30.9 Å². The average Bonchev–Trinajstić information content (AvgIpc) is 2.70. The fourth-order valence-corrected chi connectivity index (χ4v) is 2.57. The molecule has 0 heterocycles. The van der Waals surface area contributed by atoms with E-state index in [0.717, 1.165) is 5.56 Å². The molecule has 2 rings (SSSR count). The van der Waals surface area contributed by atoms with Gasteiger partial charge in [0, 0.05) is 24.8 Å². The number of hydrogen-bond donors (Lipinski definition) is 4. The lowest BCUT2D eigenvalue weighted by molar-refractivity contribution is -0.118. The number of nitrogens with one attached hydrogen (secondary N) is 4. The highest BCUT2D eigenvalue weighted by atomic mass is 16.2. The molecular formula is C21H26N4O3. The number of rotatable bonds is 7. The van der Waals surface area contributed by atoms with E-state index in [0.29, 0.717) is 17.8 Å². The number of benzene rings is 2. The van der Waals surface area contributed by atoms with Gasteiger partial charge >= 0.3 is 6.03 Å². The molecule has 0 spiro atoms. The summed E-state index contributed by atoms with van der Waals surface area (Å²) in [5, 5.41) is 10.8. The van der Waals surface area contributed by atoms with Crippen LogP contribution in [0.15, 0.2) is 54.6 Å². The second-order valence-corrected chi connectivity index (χ2v) is 6.68. The van der Waals surface area contributed by atoms with Crippen LogP contribution in [0.25, 0.3) is 0 Å². The second-order valence-electron chi connectivity index (χ2n) is 6.68. The molecule has 0 aliphatic heterocycles. The number of hydrogen-bond acceptors (Lipinski definition) is 3. The molecule has 1 atom stereocenters. The number of anilines is 1. The molecule has 0 bridgehead atoms. The van der Waals surface area contributed by atoms with E-state index < -0.39 is 12.1 Å². The van der Waals surface area contributed by atoms with E-state index in [-0.39, 0.29) is 17.7 Å². The zero-order valence-corrected chi connectivity index (χ0v) is 16.3. The van der Waals surface area contributed by atoms with Gasteiger partial charge < -0.3 is 21.3 Å². The lowest BCUT2D eigenvalue weighted by atomic mass is 10.0. The van der Waals surface area contributed by atoms with Crippen LogP contribution in [0.4, 0.5) is 10.5 Å². The smallest absolute Gasteiger partial charge is 0.315 e. The lowest BCUT2D eigenvalue weighted by Crippen LogP contribution is -2.50. The molecule has 0 aliphatic carbocycles. The van der Waals surface area contributed by atoms with Crippen molar-refractivity contribution in [1.29, 1.82) is 0 Å². The van der Waals surface area contributed by atoms with Gasteiger partial charge in [-0.3, -0.25) is 9.59 Å². The Morgan fingerprint density at radius 1 is 0.929 bits per heavy atom. The maximum absolute atomic E-state index is 12.6. The summed E-state index contributed by atoms with van der Waals surface area (Å²) < 4.78 is 0. The van der Waals surface area contributed by atoms with E-state index in [1.807, 2.05) is 44.2 Å². The van der Waals surface area contributed by atoms with Crippen LogP contribution < -0.4 is 21.3 Å². The van der Waals surface area contributed by atoms with Gasteiger partial charge in [-0.15, -0.1) is 0 Å². The Morgan fingerprint density at radius 3 is 2.14 bits per heavy atom. The summed E-state index contributed by atoms with van der Waals surface area (Å²) in [5.41, 5.74) is 2.02. The summed E-state index contributed by atoms with van der Waals surface area (Å²) in [5.74, 6) is -0.625. The van der Waals surface area contributed by atoms with Crippen LogP contribution in [0.2, 0.25) is 0 Å². The largest absolute Gasteiger partial charge is 0.355 e. The summed E-state index contributed by atoms with van der Waals surface area (Å²) >= 11 is 0. The van der Waals surface area contributed by atoms with Gasteiger partial charge in [-0.05, 0) is 35.7 Å². The number of urea groups is 1. The summed E-state index contributed by atoms with van der Waals surface area (Å²) in [6, 6.07) is 15.0. The minimum absolute atomic E-state index is 0.104. The quantitative estimate of drug-likeness (QED) is 0.592. The van der Waals surface area contributed by atoms with E-state index in [9.17, 15) is 14.4 Å². The predicted molar refractivity (Wildman–Crippen MR) is 109 cm³/mol. The fraction of sp³-hybridized carbons (Fsp3) is 0.286. The summed E-state index contributed by atoms with van der Waals surface area (Å²) in [6.07, 6.45) is 0. The molecule has 0 aliphatic rings. The van der Waals surface area contributed by atoms with Gasteiger partial charge in [-0.2, -0.15) is 0 Å². The van der Waals surface area contributed by atoms with Gasteiger partial charge in [0.2, 0.25) is 5.91 Å². The standard InChI is InChI=1S/C21H26N4O3/c1-14(2)18(25-21(28)23-13-15-7-5-4-6-8-15)20(27)24-17-11-9-16(10-12-17)19(26)22-3/h4-12,14,18H,13H2,1-3H3,(H,22,26)(H,24,27)(H2,23,25,28). The van der Waals surface area contributed by atoms with Gasteiger partial charge in [0.25, 0.3) is 5.91 Å². The SMILES string of the molecule is CNC(=O)c1ccc(NC(=O)C(NC(=O)NCc2ccccc2)C(C)C)cc1. The molecule has 2 aromatic rings. The molecule has 1 unspecified atom stereocenters. The second kappa shape index (κ2) is 10.1. The van der Waals surface area contributed by atoms with Gasteiger partial charge in [0.05, 0.1) is 0 Å². The molecule has 2 aromatic carbocycles. The molecule has 0 fully saturated rings. The molecule has 0 aromatic heterocycles. The van der Waals surface area contributed by atoms with Gasteiger partial charge in [-0.1, -0.05) is 44.2 Å². The van der Waals surface area contributed by atoms with E-state index in [2.05, 4.69) is 21.3 Å². The van der Waals surface area contributed by atoms with E-state index in [1.165, 1.54) is 0 Å². The maximum Gasteiger partial charge on any atom is 0.315 e. The molecule has 0 saturated heterocycles. The van der Waals surface area contributed by atoms with Crippen molar-refractivity contribution in [3.8, 4) is 0 Å².